The number of aryl methyl sites for hydroxylation is 1. The van der Waals surface area contributed by atoms with Gasteiger partial charge in [-0.05, 0) is 31.0 Å². The van der Waals surface area contributed by atoms with E-state index in [0.29, 0.717) is 18.0 Å². The highest BCUT2D eigenvalue weighted by Gasteiger charge is 2.10. The molecule has 0 amide bonds. The molecule has 1 aromatic heterocycles. The van der Waals surface area contributed by atoms with Crippen LogP contribution in [0.1, 0.15) is 18.3 Å². The molecule has 0 radical (unpaired) electrons. The zero-order valence-electron chi connectivity index (χ0n) is 15.7. The number of nitrogens with zero attached hydrogens (tertiary/aromatic N) is 5. The van der Waals surface area contributed by atoms with Crippen LogP contribution in [0.3, 0.4) is 0 Å². The molecule has 0 fully saturated rings. The molecule has 8 nitrogen and oxygen atoms in total. The average Bonchev–Trinajstić information content (AvgIpc) is 2.98. The van der Waals surface area contributed by atoms with E-state index in [1.807, 2.05) is 38.1 Å². The molecule has 0 saturated heterocycles. The van der Waals surface area contributed by atoms with Gasteiger partial charge in [-0.3, -0.25) is 9.67 Å². The third kappa shape index (κ3) is 5.55. The number of aromatic nitrogens is 3. The lowest BCUT2D eigenvalue weighted by molar-refractivity contribution is 0.449. The minimum atomic E-state index is -3.16. The van der Waals surface area contributed by atoms with Crippen molar-refractivity contribution in [1.29, 1.82) is 0 Å². The quantitative estimate of drug-likeness (QED) is 0.567. The van der Waals surface area contributed by atoms with Crippen LogP contribution < -0.4 is 5.32 Å². The molecule has 2 rings (SSSR count). The molecule has 0 atom stereocenters. The van der Waals surface area contributed by atoms with Gasteiger partial charge in [-0.1, -0.05) is 12.1 Å². The lowest BCUT2D eigenvalue weighted by Crippen LogP contribution is -2.39. The highest BCUT2D eigenvalue weighted by Crippen LogP contribution is 2.11. The monoisotopic (exact) mass is 378 g/mol. The second-order valence-electron chi connectivity index (χ2n) is 6.06. The summed E-state index contributed by atoms with van der Waals surface area (Å²) in [5.74, 6) is 1.65. The minimum Gasteiger partial charge on any atom is -0.357 e. The van der Waals surface area contributed by atoms with E-state index in [4.69, 9.17) is 0 Å². The molecule has 2 aromatic rings. The topological polar surface area (TPSA) is 92.5 Å². The predicted molar refractivity (Wildman–Crippen MR) is 102 cm³/mol. The highest BCUT2D eigenvalue weighted by molar-refractivity contribution is 7.90. The Morgan fingerprint density at radius 1 is 1.31 bits per heavy atom. The third-order valence-electron chi connectivity index (χ3n) is 3.89. The van der Waals surface area contributed by atoms with Crippen molar-refractivity contribution in [2.24, 2.45) is 12.0 Å². The zero-order valence-corrected chi connectivity index (χ0v) is 16.5. The fourth-order valence-corrected chi connectivity index (χ4v) is 3.04. The van der Waals surface area contributed by atoms with E-state index >= 15 is 0 Å². The molecule has 1 aromatic carbocycles. The molecule has 0 aliphatic carbocycles. The summed E-state index contributed by atoms with van der Waals surface area (Å²) in [4.78, 5) is 11.2. The van der Waals surface area contributed by atoms with Crippen molar-refractivity contribution in [2.45, 2.75) is 24.8 Å². The smallest absolute Gasteiger partial charge is 0.194 e. The Bertz CT molecular complexity index is 842. The van der Waals surface area contributed by atoms with Crippen LogP contribution in [0.2, 0.25) is 0 Å². The van der Waals surface area contributed by atoms with E-state index in [1.165, 1.54) is 12.6 Å². The normalized spacial score (nSPS) is 12.2. The van der Waals surface area contributed by atoms with Gasteiger partial charge in [0.05, 0.1) is 11.4 Å². The van der Waals surface area contributed by atoms with Crippen molar-refractivity contribution in [1.82, 2.24) is 25.0 Å². The van der Waals surface area contributed by atoms with Crippen LogP contribution in [0, 0.1) is 0 Å². The summed E-state index contributed by atoms with van der Waals surface area (Å²) in [5, 5.41) is 7.35. The largest absolute Gasteiger partial charge is 0.357 e. The van der Waals surface area contributed by atoms with Gasteiger partial charge in [0.15, 0.2) is 15.8 Å². The van der Waals surface area contributed by atoms with Crippen molar-refractivity contribution in [3.05, 3.63) is 42.0 Å². The number of rotatable bonds is 7. The molecule has 0 aliphatic rings. The molecule has 26 heavy (non-hydrogen) atoms. The first-order valence-electron chi connectivity index (χ1n) is 8.42. The van der Waals surface area contributed by atoms with E-state index < -0.39 is 9.84 Å². The van der Waals surface area contributed by atoms with Crippen LogP contribution in [-0.4, -0.2) is 60.4 Å². The fraction of sp³-hybridized carbons (Fsp3) is 0.471. The number of nitrogens with one attached hydrogen (secondary N) is 1. The number of benzene rings is 1. The van der Waals surface area contributed by atoms with Crippen LogP contribution in [0.4, 0.5) is 0 Å². The fourth-order valence-electron chi connectivity index (χ4n) is 2.41. The maximum Gasteiger partial charge on any atom is 0.194 e. The Morgan fingerprint density at radius 2 is 2.00 bits per heavy atom. The molecule has 0 bridgehead atoms. The van der Waals surface area contributed by atoms with Gasteiger partial charge >= 0.3 is 0 Å². The zero-order chi connectivity index (χ0) is 19.2. The summed E-state index contributed by atoms with van der Waals surface area (Å²) < 4.78 is 24.7. The molecule has 0 spiro atoms. The van der Waals surface area contributed by atoms with E-state index in [9.17, 15) is 8.42 Å². The second kappa shape index (κ2) is 8.79. The number of hydrogen-bond donors (Lipinski definition) is 1. The van der Waals surface area contributed by atoms with Gasteiger partial charge in [-0.15, -0.1) is 0 Å². The molecule has 0 aliphatic heterocycles. The summed E-state index contributed by atoms with van der Waals surface area (Å²) in [6.45, 7) is 4.00. The van der Waals surface area contributed by atoms with Crippen LogP contribution in [0.5, 0.6) is 0 Å². The maximum atomic E-state index is 11.5. The minimum absolute atomic E-state index is 0.335. The lowest BCUT2D eigenvalue weighted by Gasteiger charge is -2.21. The van der Waals surface area contributed by atoms with Gasteiger partial charge in [0, 0.05) is 33.4 Å². The van der Waals surface area contributed by atoms with Crippen molar-refractivity contribution in [3.8, 4) is 0 Å². The standard InChI is InChI=1S/C17H26N6O2S/c1-5-18-17(22(2)12-16-20-13-21-23(16)3)19-11-10-14-6-8-15(9-7-14)26(4,24)25/h6-9,13H,5,10-12H2,1-4H3,(H,18,19). The van der Waals surface area contributed by atoms with Crippen molar-refractivity contribution in [2.75, 3.05) is 26.4 Å². The Balaban J connectivity index is 1.99. The van der Waals surface area contributed by atoms with Crippen molar-refractivity contribution >= 4 is 15.8 Å². The number of hydrogen-bond acceptors (Lipinski definition) is 5. The number of aliphatic imine (C=N–C) groups is 1. The van der Waals surface area contributed by atoms with E-state index in [1.54, 1.807) is 16.8 Å². The summed E-state index contributed by atoms with van der Waals surface area (Å²) in [6, 6.07) is 6.95. The molecule has 1 N–H and O–H groups in total. The molecule has 0 saturated carbocycles. The SMILES string of the molecule is CCNC(=NCCc1ccc(S(C)(=O)=O)cc1)N(C)Cc1ncnn1C. The molecule has 0 unspecified atom stereocenters. The van der Waals surface area contributed by atoms with E-state index in [2.05, 4.69) is 20.4 Å². The van der Waals surface area contributed by atoms with Crippen LogP contribution in [-0.2, 0) is 29.9 Å². The van der Waals surface area contributed by atoms with Crippen LogP contribution in [0.15, 0.2) is 40.5 Å². The van der Waals surface area contributed by atoms with Gasteiger partial charge in [0.2, 0.25) is 0 Å². The molecule has 1 heterocycles. The average molecular weight is 379 g/mol. The first-order valence-corrected chi connectivity index (χ1v) is 10.3. The summed E-state index contributed by atoms with van der Waals surface area (Å²) in [7, 11) is 0.659. The van der Waals surface area contributed by atoms with Gasteiger partial charge in [0.25, 0.3) is 0 Å². The number of sulfone groups is 1. The van der Waals surface area contributed by atoms with Gasteiger partial charge in [0.1, 0.15) is 12.2 Å². The van der Waals surface area contributed by atoms with Gasteiger partial charge in [-0.2, -0.15) is 5.10 Å². The Labute approximate surface area is 154 Å². The lowest BCUT2D eigenvalue weighted by atomic mass is 10.1. The Hall–Kier alpha value is -2.42. The predicted octanol–water partition coefficient (Wildman–Crippen LogP) is 0.859. The van der Waals surface area contributed by atoms with Gasteiger partial charge < -0.3 is 10.2 Å². The Kier molecular flexibility index (Phi) is 6.73. The second-order valence-corrected chi connectivity index (χ2v) is 8.07. The maximum absolute atomic E-state index is 11.5. The summed E-state index contributed by atoms with van der Waals surface area (Å²) in [5.41, 5.74) is 1.05. The molecule has 142 valence electrons. The van der Waals surface area contributed by atoms with Crippen molar-refractivity contribution in [3.63, 3.8) is 0 Å². The summed E-state index contributed by atoms with van der Waals surface area (Å²) >= 11 is 0. The van der Waals surface area contributed by atoms with E-state index in [0.717, 1.165) is 30.3 Å². The van der Waals surface area contributed by atoms with Crippen molar-refractivity contribution < 1.29 is 8.42 Å². The third-order valence-corrected chi connectivity index (χ3v) is 5.02. The highest BCUT2D eigenvalue weighted by atomic mass is 32.2. The molecule has 9 heteroatoms. The molecular formula is C17H26N6O2S. The first kappa shape index (κ1) is 19.9. The van der Waals surface area contributed by atoms with Crippen LogP contribution >= 0.6 is 0 Å². The number of guanidine groups is 1. The van der Waals surface area contributed by atoms with Gasteiger partial charge in [-0.25, -0.2) is 13.4 Å². The Morgan fingerprint density at radius 3 is 2.54 bits per heavy atom. The first-order chi connectivity index (χ1) is 12.3. The summed E-state index contributed by atoms with van der Waals surface area (Å²) in [6.07, 6.45) is 3.48. The van der Waals surface area contributed by atoms with E-state index in [-0.39, 0.29) is 0 Å². The van der Waals surface area contributed by atoms with Crippen LogP contribution in [0.25, 0.3) is 0 Å². The molecular weight excluding hydrogens is 352 g/mol.